The van der Waals surface area contributed by atoms with Crippen molar-refractivity contribution in [2.75, 3.05) is 39.3 Å². The molecule has 2 aromatic heterocycles. The number of nitrogens with zero attached hydrogens (tertiary/aromatic N) is 4. The van der Waals surface area contributed by atoms with Crippen LogP contribution in [0.3, 0.4) is 0 Å². The number of rotatable bonds is 7. The van der Waals surface area contributed by atoms with Crippen LogP contribution >= 0.6 is 0 Å². The number of aromatic nitrogens is 2. The highest BCUT2D eigenvalue weighted by Crippen LogP contribution is 2.27. The minimum absolute atomic E-state index is 0.776. The van der Waals surface area contributed by atoms with Crippen LogP contribution in [-0.2, 0) is 0 Å². The van der Waals surface area contributed by atoms with E-state index in [-0.39, 0.29) is 0 Å². The van der Waals surface area contributed by atoms with Crippen LogP contribution in [-0.4, -0.2) is 64.6 Å². The number of imidazole rings is 1. The summed E-state index contributed by atoms with van der Waals surface area (Å²) in [5.41, 5.74) is 5.60. The van der Waals surface area contributed by atoms with Crippen molar-refractivity contribution in [2.45, 2.75) is 58.4 Å². The Balaban J connectivity index is 1.08. The van der Waals surface area contributed by atoms with E-state index >= 15 is 0 Å². The summed E-state index contributed by atoms with van der Waals surface area (Å²) in [6, 6.07) is 11.4. The van der Waals surface area contributed by atoms with Gasteiger partial charge in [-0.3, -0.25) is 0 Å². The van der Waals surface area contributed by atoms with Gasteiger partial charge in [-0.05, 0) is 114 Å². The second kappa shape index (κ2) is 10.3. The lowest BCUT2D eigenvalue weighted by atomic mass is 10.00. The Morgan fingerprint density at radius 1 is 0.970 bits per heavy atom. The predicted octanol–water partition coefficient (Wildman–Crippen LogP) is 5.34. The van der Waals surface area contributed by atoms with E-state index in [1.165, 1.54) is 75.0 Å². The van der Waals surface area contributed by atoms with E-state index in [0.29, 0.717) is 0 Å². The van der Waals surface area contributed by atoms with Crippen LogP contribution in [0.15, 0.2) is 42.7 Å². The van der Waals surface area contributed by atoms with Gasteiger partial charge in [0.2, 0.25) is 0 Å². The fourth-order valence-electron chi connectivity index (χ4n) is 5.50. The van der Waals surface area contributed by atoms with Crippen LogP contribution in [0.5, 0.6) is 5.75 Å². The molecule has 2 fully saturated rings. The minimum Gasteiger partial charge on any atom is -0.494 e. The molecule has 5 heteroatoms. The molecule has 0 saturated carbocycles. The molecule has 2 aliphatic rings. The number of hydrogen-bond acceptors (Lipinski definition) is 4. The van der Waals surface area contributed by atoms with Crippen LogP contribution in [0.25, 0.3) is 16.9 Å². The molecule has 0 spiro atoms. The fraction of sp³-hybridized carbons (Fsp3) is 0.536. The van der Waals surface area contributed by atoms with E-state index in [0.717, 1.165) is 42.7 Å². The van der Waals surface area contributed by atoms with Gasteiger partial charge in [0.25, 0.3) is 0 Å². The van der Waals surface area contributed by atoms with Gasteiger partial charge in [0.15, 0.2) is 0 Å². The molecule has 0 bridgehead atoms. The van der Waals surface area contributed by atoms with Crippen LogP contribution in [0, 0.1) is 13.8 Å². The highest BCUT2D eigenvalue weighted by atomic mass is 16.5. The van der Waals surface area contributed by atoms with Gasteiger partial charge < -0.3 is 18.9 Å². The summed E-state index contributed by atoms with van der Waals surface area (Å²) in [7, 11) is 0. The third kappa shape index (κ3) is 5.42. The molecular formula is C28H38N4O. The average molecular weight is 447 g/mol. The largest absolute Gasteiger partial charge is 0.494 e. The molecule has 0 unspecified atom stereocenters. The van der Waals surface area contributed by atoms with Crippen molar-refractivity contribution in [1.29, 1.82) is 0 Å². The van der Waals surface area contributed by atoms with E-state index in [1.54, 1.807) is 0 Å². The van der Waals surface area contributed by atoms with Crippen LogP contribution < -0.4 is 4.74 Å². The summed E-state index contributed by atoms with van der Waals surface area (Å²) in [5.74, 6) is 0.958. The van der Waals surface area contributed by atoms with Crippen molar-refractivity contribution in [3.05, 3.63) is 53.9 Å². The highest BCUT2D eigenvalue weighted by molar-refractivity contribution is 5.67. The molecule has 2 saturated heterocycles. The fourth-order valence-corrected chi connectivity index (χ4v) is 5.50. The lowest BCUT2D eigenvalue weighted by molar-refractivity contribution is 0.0901. The maximum absolute atomic E-state index is 6.10. The molecule has 4 heterocycles. The van der Waals surface area contributed by atoms with E-state index < -0.39 is 0 Å². The Morgan fingerprint density at radius 2 is 1.79 bits per heavy atom. The molecule has 0 amide bonds. The van der Waals surface area contributed by atoms with E-state index in [1.807, 2.05) is 0 Å². The third-order valence-electron chi connectivity index (χ3n) is 7.44. The Kier molecular flexibility index (Phi) is 6.98. The molecule has 0 aliphatic carbocycles. The summed E-state index contributed by atoms with van der Waals surface area (Å²) in [5, 5.41) is 0. The number of benzene rings is 1. The molecule has 176 valence electrons. The predicted molar refractivity (Wildman–Crippen MR) is 135 cm³/mol. The zero-order valence-electron chi connectivity index (χ0n) is 20.3. The molecule has 0 radical (unpaired) electrons. The van der Waals surface area contributed by atoms with Crippen LogP contribution in [0.1, 0.15) is 49.7 Å². The topological polar surface area (TPSA) is 33.0 Å². The Hall–Kier alpha value is -2.37. The summed E-state index contributed by atoms with van der Waals surface area (Å²) >= 11 is 0. The van der Waals surface area contributed by atoms with Crippen molar-refractivity contribution in [3.63, 3.8) is 0 Å². The monoisotopic (exact) mass is 446 g/mol. The molecule has 1 aromatic carbocycles. The molecule has 33 heavy (non-hydrogen) atoms. The number of fused-ring (bicyclic) bond motifs is 1. The zero-order valence-corrected chi connectivity index (χ0v) is 20.3. The smallest absolute Gasteiger partial charge is 0.137 e. The summed E-state index contributed by atoms with van der Waals surface area (Å²) in [6.45, 7) is 11.3. The number of pyridine rings is 1. The summed E-state index contributed by atoms with van der Waals surface area (Å²) in [4.78, 5) is 10.2. The molecule has 2 aliphatic heterocycles. The van der Waals surface area contributed by atoms with Gasteiger partial charge in [-0.1, -0.05) is 6.42 Å². The van der Waals surface area contributed by atoms with E-state index in [4.69, 9.17) is 9.72 Å². The Morgan fingerprint density at radius 3 is 2.58 bits per heavy atom. The number of ether oxygens (including phenoxy) is 1. The average Bonchev–Trinajstić information content (AvgIpc) is 3.26. The molecule has 0 N–H and O–H groups in total. The second-order valence-corrected chi connectivity index (χ2v) is 9.94. The number of hydrogen-bond donors (Lipinski definition) is 0. The lowest BCUT2D eigenvalue weighted by Crippen LogP contribution is -2.46. The van der Waals surface area contributed by atoms with Gasteiger partial charge >= 0.3 is 0 Å². The van der Waals surface area contributed by atoms with Crippen molar-refractivity contribution in [2.24, 2.45) is 0 Å². The second-order valence-electron chi connectivity index (χ2n) is 9.94. The standard InChI is InChI=1S/C28H38N4O/c1-22-9-17-32-21-27(29-28(32)19-22)26-8-7-25(20-23(26)2)33-18-6-12-30-15-10-24(11-16-30)31-13-4-3-5-14-31/h7-9,17,19-21,24H,3-6,10-16,18H2,1-2H3. The molecular weight excluding hydrogens is 408 g/mol. The van der Waals surface area contributed by atoms with Crippen LogP contribution in [0.4, 0.5) is 0 Å². The SMILES string of the molecule is Cc1ccn2cc(-c3ccc(OCCCN4CCC(N5CCCCC5)CC4)cc3C)nc2c1. The maximum atomic E-state index is 6.10. The van der Waals surface area contributed by atoms with E-state index in [2.05, 4.69) is 70.8 Å². The molecule has 0 atom stereocenters. The maximum Gasteiger partial charge on any atom is 0.137 e. The molecule has 5 nitrogen and oxygen atoms in total. The van der Waals surface area contributed by atoms with Gasteiger partial charge in [-0.2, -0.15) is 0 Å². The lowest BCUT2D eigenvalue weighted by Gasteiger charge is -2.40. The van der Waals surface area contributed by atoms with Crippen molar-refractivity contribution in [1.82, 2.24) is 19.2 Å². The number of likely N-dealkylation sites (tertiary alicyclic amines) is 2. The normalized spacial score (nSPS) is 18.7. The van der Waals surface area contributed by atoms with Crippen molar-refractivity contribution >= 4 is 5.65 Å². The first kappa shape index (κ1) is 22.4. The number of aryl methyl sites for hydroxylation is 2. The quantitative estimate of drug-likeness (QED) is 0.459. The first-order chi connectivity index (χ1) is 16.2. The van der Waals surface area contributed by atoms with Gasteiger partial charge in [0, 0.05) is 30.5 Å². The van der Waals surface area contributed by atoms with Gasteiger partial charge in [-0.15, -0.1) is 0 Å². The third-order valence-corrected chi connectivity index (χ3v) is 7.44. The van der Waals surface area contributed by atoms with E-state index in [9.17, 15) is 0 Å². The first-order valence-electron chi connectivity index (χ1n) is 12.8. The van der Waals surface area contributed by atoms with Gasteiger partial charge in [0.1, 0.15) is 11.4 Å². The number of piperidine rings is 2. The minimum atomic E-state index is 0.776. The molecule has 5 rings (SSSR count). The zero-order chi connectivity index (χ0) is 22.6. The van der Waals surface area contributed by atoms with Crippen LogP contribution in [0.2, 0.25) is 0 Å². The first-order valence-corrected chi connectivity index (χ1v) is 12.8. The van der Waals surface area contributed by atoms with Crippen molar-refractivity contribution in [3.8, 4) is 17.0 Å². The Bertz CT molecular complexity index is 1060. The highest BCUT2D eigenvalue weighted by Gasteiger charge is 2.25. The van der Waals surface area contributed by atoms with Gasteiger partial charge in [0.05, 0.1) is 12.3 Å². The van der Waals surface area contributed by atoms with Gasteiger partial charge in [-0.25, -0.2) is 4.98 Å². The summed E-state index contributed by atoms with van der Waals surface area (Å²) in [6.07, 6.45) is 12.2. The Labute approximate surface area is 198 Å². The molecule has 3 aromatic rings. The van der Waals surface area contributed by atoms with Crippen molar-refractivity contribution < 1.29 is 4.74 Å². The summed E-state index contributed by atoms with van der Waals surface area (Å²) < 4.78 is 8.18.